The highest BCUT2D eigenvalue weighted by molar-refractivity contribution is 5.83. The molecule has 2 aliphatic rings. The molecule has 3 heteroatoms. The Kier molecular flexibility index (Phi) is 2.86. The van der Waals surface area contributed by atoms with Gasteiger partial charge in [0.1, 0.15) is 0 Å². The standard InChI is InChI=1S/C17H22N2O/c20-12-17-8-5-14(6-9-17)19(17)10-7-13-11-18-16-4-2-1-3-15(13)16/h1-4,11,14,18,20H,5-10,12H2. The number of fused-ring (bicyclic) bond motifs is 3. The Morgan fingerprint density at radius 1 is 1.25 bits per heavy atom. The molecule has 0 spiro atoms. The average molecular weight is 270 g/mol. The minimum Gasteiger partial charge on any atom is -0.394 e. The number of H-pyrrole nitrogens is 1. The van der Waals surface area contributed by atoms with Gasteiger partial charge in [-0.25, -0.2) is 0 Å². The van der Waals surface area contributed by atoms with E-state index in [-0.39, 0.29) is 5.54 Å². The molecule has 1 aromatic heterocycles. The second-order valence-electron chi connectivity index (χ2n) is 6.42. The molecule has 2 aromatic rings. The van der Waals surface area contributed by atoms with E-state index >= 15 is 0 Å². The summed E-state index contributed by atoms with van der Waals surface area (Å²) in [6.45, 7) is 1.41. The molecular formula is C17H22N2O. The van der Waals surface area contributed by atoms with Gasteiger partial charge in [-0.2, -0.15) is 0 Å². The number of para-hydroxylation sites is 1. The SMILES string of the molecule is OCC12CCC(CC1)N2CCc1c[nH]c2ccccc12. The van der Waals surface area contributed by atoms with Crippen LogP contribution in [0.25, 0.3) is 10.9 Å². The fraction of sp³-hybridized carbons (Fsp3) is 0.529. The molecule has 4 rings (SSSR count). The van der Waals surface area contributed by atoms with E-state index < -0.39 is 0 Å². The molecule has 20 heavy (non-hydrogen) atoms. The molecule has 106 valence electrons. The molecular weight excluding hydrogens is 248 g/mol. The minimum absolute atomic E-state index is 0.108. The van der Waals surface area contributed by atoms with Gasteiger partial charge < -0.3 is 10.1 Å². The maximum Gasteiger partial charge on any atom is 0.0615 e. The number of aromatic amines is 1. The number of hydrogen-bond donors (Lipinski definition) is 2. The van der Waals surface area contributed by atoms with E-state index in [1.807, 2.05) is 0 Å². The number of aliphatic hydroxyl groups excluding tert-OH is 1. The molecule has 2 saturated heterocycles. The second-order valence-corrected chi connectivity index (χ2v) is 6.42. The molecule has 2 N–H and O–H groups in total. The molecule has 0 unspecified atom stereocenters. The molecule has 3 heterocycles. The van der Waals surface area contributed by atoms with Crippen LogP contribution in [0.5, 0.6) is 0 Å². The van der Waals surface area contributed by atoms with E-state index in [2.05, 4.69) is 40.3 Å². The molecule has 0 saturated carbocycles. The van der Waals surface area contributed by atoms with E-state index in [0.29, 0.717) is 12.6 Å². The lowest BCUT2D eigenvalue weighted by Gasteiger charge is -2.33. The van der Waals surface area contributed by atoms with Gasteiger partial charge in [0.25, 0.3) is 0 Å². The van der Waals surface area contributed by atoms with Crippen LogP contribution in [-0.4, -0.2) is 39.7 Å². The summed E-state index contributed by atoms with van der Waals surface area (Å²) in [7, 11) is 0. The third-order valence-corrected chi connectivity index (χ3v) is 5.53. The molecule has 0 atom stereocenters. The molecule has 2 aliphatic heterocycles. The molecule has 2 fully saturated rings. The molecule has 3 nitrogen and oxygen atoms in total. The first-order chi connectivity index (χ1) is 9.82. The quantitative estimate of drug-likeness (QED) is 0.896. The van der Waals surface area contributed by atoms with Crippen LogP contribution in [-0.2, 0) is 6.42 Å². The van der Waals surface area contributed by atoms with Gasteiger partial charge in [-0.15, -0.1) is 0 Å². The van der Waals surface area contributed by atoms with Crippen molar-refractivity contribution in [3.8, 4) is 0 Å². The summed E-state index contributed by atoms with van der Waals surface area (Å²) < 4.78 is 0. The smallest absolute Gasteiger partial charge is 0.0615 e. The monoisotopic (exact) mass is 270 g/mol. The maximum atomic E-state index is 9.79. The lowest BCUT2D eigenvalue weighted by molar-refractivity contribution is 0.0793. The first-order valence-electron chi connectivity index (χ1n) is 7.75. The van der Waals surface area contributed by atoms with Crippen molar-refractivity contribution in [1.82, 2.24) is 9.88 Å². The molecule has 0 amide bonds. The third-order valence-electron chi connectivity index (χ3n) is 5.53. The van der Waals surface area contributed by atoms with Crippen molar-refractivity contribution in [1.29, 1.82) is 0 Å². The van der Waals surface area contributed by atoms with Crippen molar-refractivity contribution in [3.05, 3.63) is 36.0 Å². The van der Waals surface area contributed by atoms with Crippen LogP contribution in [0.4, 0.5) is 0 Å². The first-order valence-corrected chi connectivity index (χ1v) is 7.75. The Morgan fingerprint density at radius 2 is 2.05 bits per heavy atom. The number of nitrogens with zero attached hydrogens (tertiary/aromatic N) is 1. The Balaban J connectivity index is 1.53. The van der Waals surface area contributed by atoms with Crippen molar-refractivity contribution < 1.29 is 5.11 Å². The number of hydrogen-bond acceptors (Lipinski definition) is 2. The molecule has 2 bridgehead atoms. The van der Waals surface area contributed by atoms with Crippen molar-refractivity contribution in [2.24, 2.45) is 0 Å². The first kappa shape index (κ1) is 12.4. The van der Waals surface area contributed by atoms with Gasteiger partial charge in [0.2, 0.25) is 0 Å². The lowest BCUT2D eigenvalue weighted by Crippen LogP contribution is -2.45. The number of nitrogens with one attached hydrogen (secondary N) is 1. The fourth-order valence-electron chi connectivity index (χ4n) is 4.37. The number of aromatic nitrogens is 1. The van der Waals surface area contributed by atoms with Gasteiger partial charge in [-0.05, 0) is 43.7 Å². The summed E-state index contributed by atoms with van der Waals surface area (Å²) in [6.07, 6.45) is 8.13. The fourth-order valence-corrected chi connectivity index (χ4v) is 4.37. The van der Waals surface area contributed by atoms with Crippen molar-refractivity contribution in [3.63, 3.8) is 0 Å². The van der Waals surface area contributed by atoms with Crippen LogP contribution < -0.4 is 0 Å². The highest BCUT2D eigenvalue weighted by Crippen LogP contribution is 2.46. The van der Waals surface area contributed by atoms with Crippen molar-refractivity contribution in [2.75, 3.05) is 13.2 Å². The Morgan fingerprint density at radius 3 is 2.85 bits per heavy atom. The van der Waals surface area contributed by atoms with E-state index in [1.54, 1.807) is 0 Å². The highest BCUT2D eigenvalue weighted by Gasteiger charge is 2.50. The zero-order valence-electron chi connectivity index (χ0n) is 11.8. The van der Waals surface area contributed by atoms with Crippen molar-refractivity contribution >= 4 is 10.9 Å². The number of aliphatic hydroxyl groups is 1. The van der Waals surface area contributed by atoms with Crippen LogP contribution in [0.15, 0.2) is 30.5 Å². The van der Waals surface area contributed by atoms with E-state index in [4.69, 9.17) is 0 Å². The molecule has 1 aromatic carbocycles. The van der Waals surface area contributed by atoms with E-state index in [1.165, 1.54) is 42.1 Å². The molecule has 0 radical (unpaired) electrons. The second kappa shape index (κ2) is 4.61. The van der Waals surface area contributed by atoms with Gasteiger partial charge >= 0.3 is 0 Å². The third kappa shape index (κ3) is 1.73. The summed E-state index contributed by atoms with van der Waals surface area (Å²) in [4.78, 5) is 5.95. The number of rotatable bonds is 4. The Labute approximate surface area is 119 Å². The predicted octanol–water partition coefficient (Wildman–Crippen LogP) is 2.70. The summed E-state index contributed by atoms with van der Waals surface area (Å²) >= 11 is 0. The van der Waals surface area contributed by atoms with Crippen LogP contribution in [0.1, 0.15) is 31.2 Å². The van der Waals surface area contributed by atoms with Gasteiger partial charge in [-0.3, -0.25) is 4.90 Å². The van der Waals surface area contributed by atoms with Gasteiger partial charge in [0.15, 0.2) is 0 Å². The van der Waals surface area contributed by atoms with Crippen LogP contribution in [0.3, 0.4) is 0 Å². The largest absolute Gasteiger partial charge is 0.394 e. The van der Waals surface area contributed by atoms with Crippen LogP contribution in [0.2, 0.25) is 0 Å². The predicted molar refractivity (Wildman–Crippen MR) is 80.8 cm³/mol. The Hall–Kier alpha value is -1.32. The Bertz CT molecular complexity index is 610. The number of benzene rings is 1. The van der Waals surface area contributed by atoms with Crippen molar-refractivity contribution in [2.45, 2.75) is 43.7 Å². The van der Waals surface area contributed by atoms with E-state index in [0.717, 1.165) is 13.0 Å². The topological polar surface area (TPSA) is 39.3 Å². The summed E-state index contributed by atoms with van der Waals surface area (Å²) in [5, 5.41) is 11.1. The van der Waals surface area contributed by atoms with Gasteiger partial charge in [-0.1, -0.05) is 18.2 Å². The highest BCUT2D eigenvalue weighted by atomic mass is 16.3. The molecule has 0 aliphatic carbocycles. The normalized spacial score (nSPS) is 29.6. The van der Waals surface area contributed by atoms with Gasteiger partial charge in [0.05, 0.1) is 6.61 Å². The minimum atomic E-state index is 0.108. The zero-order chi connectivity index (χ0) is 13.6. The summed E-state index contributed by atoms with van der Waals surface area (Å²) in [6, 6.07) is 9.22. The van der Waals surface area contributed by atoms with Gasteiger partial charge in [0, 0.05) is 35.2 Å². The lowest BCUT2D eigenvalue weighted by atomic mass is 9.88. The average Bonchev–Trinajstić information content (AvgIpc) is 3.16. The van der Waals surface area contributed by atoms with Crippen LogP contribution in [0, 0.1) is 0 Å². The van der Waals surface area contributed by atoms with E-state index in [9.17, 15) is 5.11 Å². The summed E-state index contributed by atoms with van der Waals surface area (Å²) in [5.74, 6) is 0. The summed E-state index contributed by atoms with van der Waals surface area (Å²) in [5.41, 5.74) is 2.74. The van der Waals surface area contributed by atoms with Crippen LogP contribution >= 0.6 is 0 Å². The maximum absolute atomic E-state index is 9.79. The zero-order valence-corrected chi connectivity index (χ0v) is 11.8.